The Morgan fingerprint density at radius 1 is 1.30 bits per heavy atom. The van der Waals surface area contributed by atoms with E-state index in [9.17, 15) is 4.79 Å². The lowest BCUT2D eigenvalue weighted by Gasteiger charge is -2.23. The van der Waals surface area contributed by atoms with Gasteiger partial charge in [-0.05, 0) is 79.7 Å². The van der Waals surface area contributed by atoms with E-state index in [-0.39, 0.29) is 12.3 Å². The van der Waals surface area contributed by atoms with Gasteiger partial charge < -0.3 is 14.2 Å². The number of methoxy groups -OCH3 is 1. The van der Waals surface area contributed by atoms with E-state index in [1.165, 1.54) is 19.1 Å². The van der Waals surface area contributed by atoms with Crippen LogP contribution in [0, 0.1) is 5.92 Å². The number of carbonyl (C=O) groups excluding carboxylic acids is 1. The van der Waals surface area contributed by atoms with Crippen molar-refractivity contribution in [3.63, 3.8) is 0 Å². The first-order chi connectivity index (χ1) is 13.1. The van der Waals surface area contributed by atoms with Crippen LogP contribution in [0.4, 0.5) is 0 Å². The number of halogens is 1. The van der Waals surface area contributed by atoms with Crippen molar-refractivity contribution in [1.82, 2.24) is 0 Å². The molecule has 27 heavy (non-hydrogen) atoms. The van der Waals surface area contributed by atoms with Crippen molar-refractivity contribution in [2.24, 2.45) is 5.92 Å². The van der Waals surface area contributed by atoms with Gasteiger partial charge in [0, 0.05) is 17.2 Å². The summed E-state index contributed by atoms with van der Waals surface area (Å²) in [7, 11) is 1.42. The maximum absolute atomic E-state index is 12.1. The highest BCUT2D eigenvalue weighted by atomic mass is 35.5. The number of hydrogen-bond acceptors (Lipinski definition) is 4. The summed E-state index contributed by atoms with van der Waals surface area (Å²) in [6.07, 6.45) is 8.62. The highest BCUT2D eigenvalue weighted by Crippen LogP contribution is 2.32. The maximum atomic E-state index is 12.1. The summed E-state index contributed by atoms with van der Waals surface area (Å²) in [5.41, 5.74) is 4.00. The SMILES string of the molecule is COC(=O)/C1=C/c2c(Cl)cc(CCOC3CCCCO3)cc2CCC(C)C1. The van der Waals surface area contributed by atoms with Gasteiger partial charge in [-0.15, -0.1) is 0 Å². The predicted octanol–water partition coefficient (Wildman–Crippen LogP) is 4.95. The normalized spacial score (nSPS) is 24.9. The molecule has 1 heterocycles. The van der Waals surface area contributed by atoms with E-state index in [0.29, 0.717) is 23.1 Å². The molecule has 2 unspecified atom stereocenters. The molecule has 0 bridgehead atoms. The molecule has 4 nitrogen and oxygen atoms in total. The minimum Gasteiger partial charge on any atom is -0.466 e. The highest BCUT2D eigenvalue weighted by Gasteiger charge is 2.20. The van der Waals surface area contributed by atoms with Crippen LogP contribution in [0.25, 0.3) is 6.08 Å². The fraction of sp³-hybridized carbons (Fsp3) is 0.591. The van der Waals surface area contributed by atoms with Gasteiger partial charge in [-0.1, -0.05) is 24.6 Å². The van der Waals surface area contributed by atoms with Gasteiger partial charge in [0.15, 0.2) is 6.29 Å². The number of carbonyl (C=O) groups is 1. The van der Waals surface area contributed by atoms with Gasteiger partial charge in [-0.3, -0.25) is 0 Å². The third-order valence-electron chi connectivity index (χ3n) is 5.35. The predicted molar refractivity (Wildman–Crippen MR) is 107 cm³/mol. The number of aryl methyl sites for hydroxylation is 1. The Morgan fingerprint density at radius 3 is 2.89 bits per heavy atom. The van der Waals surface area contributed by atoms with Crippen LogP contribution in [0.2, 0.25) is 5.02 Å². The van der Waals surface area contributed by atoms with Gasteiger partial charge in [-0.2, -0.15) is 0 Å². The van der Waals surface area contributed by atoms with E-state index < -0.39 is 0 Å². The number of hydrogen-bond donors (Lipinski definition) is 0. The molecular formula is C22H29ClO4. The summed E-state index contributed by atoms with van der Waals surface area (Å²) in [6.45, 7) is 3.59. The fourth-order valence-corrected chi connectivity index (χ4v) is 4.10. The third-order valence-corrected chi connectivity index (χ3v) is 5.66. The molecule has 1 aromatic carbocycles. The van der Waals surface area contributed by atoms with Crippen LogP contribution in [0.3, 0.4) is 0 Å². The lowest BCUT2D eigenvalue weighted by molar-refractivity contribution is -0.161. The molecule has 0 spiro atoms. The third kappa shape index (κ3) is 5.56. The number of fused-ring (bicyclic) bond motifs is 1. The molecule has 2 aliphatic rings. The van der Waals surface area contributed by atoms with E-state index >= 15 is 0 Å². The summed E-state index contributed by atoms with van der Waals surface area (Å²) in [4.78, 5) is 12.1. The minimum atomic E-state index is -0.268. The smallest absolute Gasteiger partial charge is 0.333 e. The second-order valence-corrected chi connectivity index (χ2v) is 7.98. The summed E-state index contributed by atoms with van der Waals surface area (Å²) >= 11 is 6.59. The molecule has 1 aliphatic carbocycles. The van der Waals surface area contributed by atoms with Crippen molar-refractivity contribution >= 4 is 23.6 Å². The monoisotopic (exact) mass is 392 g/mol. The van der Waals surface area contributed by atoms with Crippen LogP contribution in [-0.2, 0) is 31.8 Å². The van der Waals surface area contributed by atoms with Crippen LogP contribution in [0.15, 0.2) is 17.7 Å². The van der Waals surface area contributed by atoms with E-state index in [1.807, 2.05) is 12.1 Å². The second kappa shape index (κ2) is 9.72. The first-order valence-corrected chi connectivity index (χ1v) is 10.3. The van der Waals surface area contributed by atoms with E-state index in [1.54, 1.807) is 0 Å². The molecule has 5 heteroatoms. The Hall–Kier alpha value is -1.36. The molecule has 3 rings (SSSR count). The Balaban J connectivity index is 1.74. The average Bonchev–Trinajstić information content (AvgIpc) is 2.66. The Morgan fingerprint density at radius 2 is 2.15 bits per heavy atom. The Kier molecular flexibility index (Phi) is 7.33. The van der Waals surface area contributed by atoms with Crippen LogP contribution in [-0.4, -0.2) is 32.6 Å². The van der Waals surface area contributed by atoms with Crippen molar-refractivity contribution in [3.05, 3.63) is 39.4 Å². The molecular weight excluding hydrogens is 364 g/mol. The van der Waals surface area contributed by atoms with Crippen LogP contribution in [0.5, 0.6) is 0 Å². The summed E-state index contributed by atoms with van der Waals surface area (Å²) < 4.78 is 16.4. The van der Waals surface area contributed by atoms with E-state index in [4.69, 9.17) is 25.8 Å². The lowest BCUT2D eigenvalue weighted by Crippen LogP contribution is -2.23. The summed E-state index contributed by atoms with van der Waals surface area (Å²) in [6, 6.07) is 4.19. The maximum Gasteiger partial charge on any atom is 0.333 e. The largest absolute Gasteiger partial charge is 0.466 e. The van der Waals surface area contributed by atoms with Gasteiger partial charge >= 0.3 is 5.97 Å². The first-order valence-electron chi connectivity index (χ1n) is 9.90. The molecule has 0 aromatic heterocycles. The standard InChI is InChI=1S/C22H29ClO4/c1-15-6-7-17-12-16(8-10-27-21-5-3-4-9-26-21)13-20(23)19(17)14-18(11-15)22(24)25-2/h12-15,21H,3-11H2,1-2H3/b18-14+. The van der Waals surface area contributed by atoms with Crippen LogP contribution >= 0.6 is 11.6 Å². The molecule has 1 fully saturated rings. The summed E-state index contributed by atoms with van der Waals surface area (Å²) in [5, 5.41) is 0.687. The lowest BCUT2D eigenvalue weighted by atomic mass is 9.87. The molecule has 1 aromatic rings. The minimum absolute atomic E-state index is 0.0649. The second-order valence-electron chi connectivity index (χ2n) is 7.58. The topological polar surface area (TPSA) is 44.8 Å². The quantitative estimate of drug-likeness (QED) is 0.664. The number of rotatable bonds is 5. The van der Waals surface area contributed by atoms with Gasteiger partial charge in [0.1, 0.15) is 0 Å². The van der Waals surface area contributed by atoms with Crippen molar-refractivity contribution < 1.29 is 19.0 Å². The van der Waals surface area contributed by atoms with Gasteiger partial charge in [0.25, 0.3) is 0 Å². The number of benzene rings is 1. The molecule has 1 saturated heterocycles. The zero-order valence-electron chi connectivity index (χ0n) is 16.3. The molecule has 0 amide bonds. The van der Waals surface area contributed by atoms with Gasteiger partial charge in [0.2, 0.25) is 0 Å². The van der Waals surface area contributed by atoms with Gasteiger partial charge in [0.05, 0.1) is 13.7 Å². The van der Waals surface area contributed by atoms with Gasteiger partial charge in [-0.25, -0.2) is 4.79 Å². The average molecular weight is 393 g/mol. The Bertz CT molecular complexity index is 692. The van der Waals surface area contributed by atoms with E-state index in [0.717, 1.165) is 56.3 Å². The summed E-state index contributed by atoms with van der Waals surface area (Å²) in [5.74, 6) is 0.161. The van der Waals surface area contributed by atoms with Crippen LogP contribution < -0.4 is 0 Å². The molecule has 0 N–H and O–H groups in total. The number of ether oxygens (including phenoxy) is 3. The van der Waals surface area contributed by atoms with Crippen molar-refractivity contribution in [2.45, 2.75) is 58.2 Å². The molecule has 2 atom stereocenters. The molecule has 148 valence electrons. The fourth-order valence-electron chi connectivity index (χ4n) is 3.79. The molecule has 1 aliphatic heterocycles. The Labute approximate surface area is 166 Å². The van der Waals surface area contributed by atoms with Crippen molar-refractivity contribution in [3.8, 4) is 0 Å². The van der Waals surface area contributed by atoms with E-state index in [2.05, 4.69) is 13.0 Å². The molecule has 0 radical (unpaired) electrons. The zero-order chi connectivity index (χ0) is 19.2. The van der Waals surface area contributed by atoms with Crippen molar-refractivity contribution in [1.29, 1.82) is 0 Å². The highest BCUT2D eigenvalue weighted by molar-refractivity contribution is 6.32. The zero-order valence-corrected chi connectivity index (χ0v) is 17.0. The molecule has 0 saturated carbocycles. The number of esters is 1. The van der Waals surface area contributed by atoms with Crippen LogP contribution in [0.1, 0.15) is 55.7 Å². The first kappa shape index (κ1) is 20.4. The van der Waals surface area contributed by atoms with Crippen molar-refractivity contribution in [2.75, 3.05) is 20.3 Å².